The maximum atomic E-state index is 11.5. The zero-order chi connectivity index (χ0) is 18.9. The SMILES string of the molecule is CN=C(NCCC(=O)OC(C)C)NCc1coc(-c2ccc(C)cc2)n1.I. The Morgan fingerprint density at radius 1 is 1.26 bits per heavy atom. The monoisotopic (exact) mass is 486 g/mol. The fourth-order valence-electron chi connectivity index (χ4n) is 2.22. The van der Waals surface area contributed by atoms with Gasteiger partial charge in [-0.2, -0.15) is 0 Å². The van der Waals surface area contributed by atoms with E-state index in [1.54, 1.807) is 13.3 Å². The third kappa shape index (κ3) is 7.98. The van der Waals surface area contributed by atoms with Gasteiger partial charge in [0.1, 0.15) is 6.26 Å². The Morgan fingerprint density at radius 3 is 2.59 bits per heavy atom. The van der Waals surface area contributed by atoms with Gasteiger partial charge in [-0.25, -0.2) is 4.98 Å². The minimum Gasteiger partial charge on any atom is -0.463 e. The lowest BCUT2D eigenvalue weighted by atomic mass is 10.1. The maximum Gasteiger partial charge on any atom is 0.307 e. The molecule has 1 aromatic heterocycles. The summed E-state index contributed by atoms with van der Waals surface area (Å²) in [6.07, 6.45) is 1.80. The molecule has 0 fully saturated rings. The lowest BCUT2D eigenvalue weighted by molar-refractivity contribution is -0.147. The standard InChI is InChI=1S/C19H26N4O3.HI/c1-13(2)26-17(24)9-10-21-19(20-4)22-11-16-12-25-18(23-16)15-7-5-14(3)6-8-15;/h5-8,12-13H,9-11H2,1-4H3,(H2,20,21,22);1H. The molecule has 0 amide bonds. The third-order valence-electron chi connectivity index (χ3n) is 3.50. The maximum absolute atomic E-state index is 11.5. The molecule has 148 valence electrons. The molecule has 1 heterocycles. The second kappa shape index (κ2) is 11.6. The highest BCUT2D eigenvalue weighted by Gasteiger charge is 2.08. The molecular formula is C19H27IN4O3. The largest absolute Gasteiger partial charge is 0.463 e. The van der Waals surface area contributed by atoms with Gasteiger partial charge < -0.3 is 19.8 Å². The zero-order valence-corrected chi connectivity index (χ0v) is 18.4. The topological polar surface area (TPSA) is 88.8 Å². The average Bonchev–Trinajstić information content (AvgIpc) is 3.07. The van der Waals surface area contributed by atoms with E-state index >= 15 is 0 Å². The van der Waals surface area contributed by atoms with Crippen molar-refractivity contribution in [2.24, 2.45) is 4.99 Å². The van der Waals surface area contributed by atoms with E-state index in [9.17, 15) is 4.79 Å². The number of nitrogens with one attached hydrogen (secondary N) is 2. The number of carbonyl (C=O) groups excluding carboxylic acids is 1. The number of oxazole rings is 1. The lowest BCUT2D eigenvalue weighted by Crippen LogP contribution is -2.38. The smallest absolute Gasteiger partial charge is 0.307 e. The van der Waals surface area contributed by atoms with Crippen molar-refractivity contribution in [3.8, 4) is 11.5 Å². The van der Waals surface area contributed by atoms with E-state index in [-0.39, 0.29) is 42.5 Å². The van der Waals surface area contributed by atoms with E-state index in [1.165, 1.54) is 5.56 Å². The number of aliphatic imine (C=N–C) groups is 1. The number of ether oxygens (including phenoxy) is 1. The number of guanidine groups is 1. The summed E-state index contributed by atoms with van der Waals surface area (Å²) in [5.41, 5.74) is 2.89. The highest BCUT2D eigenvalue weighted by Crippen LogP contribution is 2.18. The number of rotatable bonds is 7. The summed E-state index contributed by atoms with van der Waals surface area (Å²) < 4.78 is 10.6. The number of aromatic nitrogens is 1. The number of benzene rings is 1. The Balaban J connectivity index is 0.00000364. The Kier molecular flexibility index (Phi) is 9.84. The number of nitrogens with zero attached hydrogens (tertiary/aromatic N) is 2. The van der Waals surface area contributed by atoms with Gasteiger partial charge >= 0.3 is 5.97 Å². The first kappa shape index (κ1) is 22.9. The summed E-state index contributed by atoms with van der Waals surface area (Å²) in [5, 5.41) is 6.21. The molecule has 2 rings (SSSR count). The Labute approximate surface area is 177 Å². The first-order chi connectivity index (χ1) is 12.5. The van der Waals surface area contributed by atoms with Crippen LogP contribution < -0.4 is 10.6 Å². The molecule has 0 spiro atoms. The molecule has 0 radical (unpaired) electrons. The summed E-state index contributed by atoms with van der Waals surface area (Å²) in [7, 11) is 1.67. The van der Waals surface area contributed by atoms with Crippen LogP contribution in [0.15, 0.2) is 39.9 Å². The Morgan fingerprint density at radius 2 is 1.96 bits per heavy atom. The van der Waals surface area contributed by atoms with Crippen molar-refractivity contribution in [3.63, 3.8) is 0 Å². The van der Waals surface area contributed by atoms with Gasteiger partial charge in [0.2, 0.25) is 5.89 Å². The molecule has 0 saturated heterocycles. The minimum absolute atomic E-state index is 0. The van der Waals surface area contributed by atoms with Gasteiger partial charge in [0, 0.05) is 19.2 Å². The third-order valence-corrected chi connectivity index (χ3v) is 3.50. The van der Waals surface area contributed by atoms with Crippen LogP contribution in [-0.2, 0) is 16.1 Å². The summed E-state index contributed by atoms with van der Waals surface area (Å²) in [6, 6.07) is 8.01. The van der Waals surface area contributed by atoms with Gasteiger partial charge in [0.15, 0.2) is 5.96 Å². The number of hydrogen-bond donors (Lipinski definition) is 2. The lowest BCUT2D eigenvalue weighted by Gasteiger charge is -2.11. The highest BCUT2D eigenvalue weighted by molar-refractivity contribution is 14.0. The molecule has 2 aromatic rings. The van der Waals surface area contributed by atoms with Crippen molar-refractivity contribution in [3.05, 3.63) is 41.8 Å². The van der Waals surface area contributed by atoms with Gasteiger partial charge in [-0.1, -0.05) is 17.7 Å². The van der Waals surface area contributed by atoms with Crippen LogP contribution in [0.3, 0.4) is 0 Å². The molecule has 0 saturated carbocycles. The average molecular weight is 486 g/mol. The van der Waals surface area contributed by atoms with Crippen LogP contribution in [0.25, 0.3) is 11.5 Å². The molecule has 7 nitrogen and oxygen atoms in total. The molecule has 0 aliphatic rings. The van der Waals surface area contributed by atoms with Crippen LogP contribution in [0.1, 0.15) is 31.5 Å². The fraction of sp³-hybridized carbons (Fsp3) is 0.421. The normalized spacial score (nSPS) is 11.1. The van der Waals surface area contributed by atoms with Gasteiger partial charge in [0.25, 0.3) is 0 Å². The molecule has 0 atom stereocenters. The van der Waals surface area contributed by atoms with E-state index in [0.717, 1.165) is 11.3 Å². The van der Waals surface area contributed by atoms with Crippen LogP contribution in [0.2, 0.25) is 0 Å². The summed E-state index contributed by atoms with van der Waals surface area (Å²) >= 11 is 0. The van der Waals surface area contributed by atoms with Crippen LogP contribution in [0, 0.1) is 6.92 Å². The van der Waals surface area contributed by atoms with Gasteiger partial charge in [-0.15, -0.1) is 24.0 Å². The van der Waals surface area contributed by atoms with Crippen molar-refractivity contribution in [2.45, 2.75) is 39.8 Å². The number of carbonyl (C=O) groups is 1. The Hall–Kier alpha value is -2.10. The van der Waals surface area contributed by atoms with E-state index in [4.69, 9.17) is 9.15 Å². The first-order valence-corrected chi connectivity index (χ1v) is 8.63. The highest BCUT2D eigenvalue weighted by atomic mass is 127. The quantitative estimate of drug-likeness (QED) is 0.270. The predicted octanol–water partition coefficient (Wildman–Crippen LogP) is 3.27. The number of esters is 1. The predicted molar refractivity (Wildman–Crippen MR) is 116 cm³/mol. The zero-order valence-electron chi connectivity index (χ0n) is 16.1. The van der Waals surface area contributed by atoms with Gasteiger partial charge in [0.05, 0.1) is 24.8 Å². The molecular weight excluding hydrogens is 459 g/mol. The molecule has 2 N–H and O–H groups in total. The molecule has 0 unspecified atom stereocenters. The van der Waals surface area contributed by atoms with Crippen molar-refractivity contribution in [1.82, 2.24) is 15.6 Å². The molecule has 0 aliphatic heterocycles. The van der Waals surface area contributed by atoms with Crippen molar-refractivity contribution in [2.75, 3.05) is 13.6 Å². The van der Waals surface area contributed by atoms with Crippen molar-refractivity contribution in [1.29, 1.82) is 0 Å². The molecule has 1 aromatic carbocycles. The fourth-order valence-corrected chi connectivity index (χ4v) is 2.22. The molecule has 0 bridgehead atoms. The summed E-state index contributed by atoms with van der Waals surface area (Å²) in [4.78, 5) is 20.1. The van der Waals surface area contributed by atoms with Crippen LogP contribution in [0.5, 0.6) is 0 Å². The van der Waals surface area contributed by atoms with Crippen LogP contribution >= 0.6 is 24.0 Å². The van der Waals surface area contributed by atoms with E-state index in [0.29, 0.717) is 24.9 Å². The minimum atomic E-state index is -0.234. The van der Waals surface area contributed by atoms with E-state index in [1.807, 2.05) is 45.0 Å². The Bertz CT molecular complexity index is 742. The molecule has 0 aliphatic carbocycles. The van der Waals surface area contributed by atoms with Gasteiger partial charge in [-0.3, -0.25) is 9.79 Å². The molecule has 27 heavy (non-hydrogen) atoms. The second-order valence-corrected chi connectivity index (χ2v) is 6.15. The van der Waals surface area contributed by atoms with Crippen LogP contribution in [0.4, 0.5) is 0 Å². The van der Waals surface area contributed by atoms with Crippen molar-refractivity contribution < 1.29 is 13.9 Å². The number of halogens is 1. The molecule has 8 heteroatoms. The van der Waals surface area contributed by atoms with Gasteiger partial charge in [-0.05, 0) is 32.9 Å². The first-order valence-electron chi connectivity index (χ1n) is 8.63. The second-order valence-electron chi connectivity index (χ2n) is 6.15. The summed E-state index contributed by atoms with van der Waals surface area (Å²) in [6.45, 7) is 6.60. The number of hydrogen-bond acceptors (Lipinski definition) is 5. The number of aryl methyl sites for hydroxylation is 1. The van der Waals surface area contributed by atoms with E-state index < -0.39 is 0 Å². The van der Waals surface area contributed by atoms with Crippen molar-refractivity contribution >= 4 is 35.9 Å². The summed E-state index contributed by atoms with van der Waals surface area (Å²) in [5.74, 6) is 0.936. The van der Waals surface area contributed by atoms with E-state index in [2.05, 4.69) is 20.6 Å². The van der Waals surface area contributed by atoms with Crippen LogP contribution in [-0.4, -0.2) is 36.6 Å².